The van der Waals surface area contributed by atoms with Crippen molar-refractivity contribution in [3.05, 3.63) is 82.7 Å². The van der Waals surface area contributed by atoms with Crippen molar-refractivity contribution >= 4 is 40.8 Å². The Morgan fingerprint density at radius 2 is 2.07 bits per heavy atom. The summed E-state index contributed by atoms with van der Waals surface area (Å²) < 4.78 is 43.3. The van der Waals surface area contributed by atoms with Gasteiger partial charge in [-0.25, -0.2) is 23.4 Å². The first-order valence-corrected chi connectivity index (χ1v) is 14.0. The standard InChI is InChI=1S/C30H29F2N7O5/c1-17(38-16-34-21-9-8-18(31)13-24(21)38)35-28-25(14-33)37(15-26(40)36-11-4-7-23(36)29(41)43-2)30(42)39(28)22-10-12-44-27-19(22)5-3-6-20(27)32/h3,5-6,8-9,13-14,16,22-23,33,35H,1,4,7,10-12,15H2,2H3/t22-,23?/m1/s1. The van der Waals surface area contributed by atoms with Gasteiger partial charge in [0, 0.05) is 30.8 Å². The zero-order chi connectivity index (χ0) is 31.1. The Kier molecular flexibility index (Phi) is 7.49. The fourth-order valence-electron chi connectivity index (χ4n) is 5.99. The van der Waals surface area contributed by atoms with Gasteiger partial charge in [0.2, 0.25) is 5.91 Å². The van der Waals surface area contributed by atoms with Crippen molar-refractivity contribution in [2.24, 2.45) is 0 Å². The quantitative estimate of drug-likeness (QED) is 0.232. The Hall–Kier alpha value is -5.27. The van der Waals surface area contributed by atoms with E-state index in [1.54, 1.807) is 6.07 Å². The van der Waals surface area contributed by atoms with E-state index in [2.05, 4.69) is 16.9 Å². The molecule has 6 rings (SSSR count). The Balaban J connectivity index is 1.46. The number of para-hydroxylation sites is 1. The highest BCUT2D eigenvalue weighted by Gasteiger charge is 2.37. The summed E-state index contributed by atoms with van der Waals surface area (Å²) in [4.78, 5) is 45.7. The van der Waals surface area contributed by atoms with E-state index in [1.807, 2.05) is 0 Å². The van der Waals surface area contributed by atoms with Crippen LogP contribution in [0.2, 0.25) is 0 Å². The maximum atomic E-state index is 14.8. The van der Waals surface area contributed by atoms with E-state index in [0.717, 1.165) is 10.8 Å². The molecule has 1 amide bonds. The SMILES string of the molecule is C=C(Nc1c(C=N)n(CC(=O)N2CCCC2C(=O)OC)c(=O)n1[C@@H]1CCOc2c(F)cccc21)n1cnc2ccc(F)cc21. The van der Waals surface area contributed by atoms with E-state index in [1.165, 1.54) is 57.8 Å². The highest BCUT2D eigenvalue weighted by Crippen LogP contribution is 2.38. The van der Waals surface area contributed by atoms with Crippen LogP contribution in [0.15, 0.2) is 54.1 Å². The number of nitrogens with zero attached hydrogens (tertiary/aromatic N) is 5. The van der Waals surface area contributed by atoms with Crippen molar-refractivity contribution in [1.29, 1.82) is 5.41 Å². The van der Waals surface area contributed by atoms with Crippen molar-refractivity contribution in [2.75, 3.05) is 25.6 Å². The lowest BCUT2D eigenvalue weighted by molar-refractivity contribution is -0.151. The van der Waals surface area contributed by atoms with E-state index < -0.39 is 47.8 Å². The van der Waals surface area contributed by atoms with Crippen LogP contribution in [0.5, 0.6) is 5.75 Å². The number of amides is 1. The normalized spacial score (nSPS) is 17.7. The highest BCUT2D eigenvalue weighted by molar-refractivity contribution is 5.89. The van der Waals surface area contributed by atoms with Gasteiger partial charge in [0.15, 0.2) is 11.6 Å². The lowest BCUT2D eigenvalue weighted by atomic mass is 10.00. The fraction of sp³-hybridized carbons (Fsp3) is 0.300. The number of nitrogens with one attached hydrogen (secondary N) is 2. The molecule has 14 heteroatoms. The Labute approximate surface area is 249 Å². The molecule has 228 valence electrons. The van der Waals surface area contributed by atoms with E-state index in [-0.39, 0.29) is 36.1 Å². The molecule has 0 aliphatic carbocycles. The summed E-state index contributed by atoms with van der Waals surface area (Å²) in [6, 6.07) is 7.00. The predicted molar refractivity (Wildman–Crippen MR) is 157 cm³/mol. The number of aromatic nitrogens is 4. The number of carbonyl (C=O) groups is 2. The van der Waals surface area contributed by atoms with E-state index >= 15 is 0 Å². The average molecular weight is 606 g/mol. The summed E-state index contributed by atoms with van der Waals surface area (Å²) in [6.07, 6.45) is 3.67. The van der Waals surface area contributed by atoms with Crippen molar-refractivity contribution in [1.82, 2.24) is 23.6 Å². The van der Waals surface area contributed by atoms with E-state index in [9.17, 15) is 23.2 Å². The van der Waals surface area contributed by atoms with Crippen LogP contribution in [-0.4, -0.2) is 68.0 Å². The second kappa shape index (κ2) is 11.4. The summed E-state index contributed by atoms with van der Waals surface area (Å²) in [5.41, 5.74) is 0.709. The molecule has 2 N–H and O–H groups in total. The number of benzene rings is 2. The number of halogens is 2. The molecule has 1 unspecified atom stereocenters. The molecule has 0 bridgehead atoms. The number of ether oxygens (including phenoxy) is 2. The molecule has 2 aliphatic heterocycles. The average Bonchev–Trinajstić information content (AvgIpc) is 3.73. The number of methoxy groups -OCH3 is 1. The third-order valence-corrected chi connectivity index (χ3v) is 8.06. The maximum Gasteiger partial charge on any atom is 0.331 e. The second-order valence-electron chi connectivity index (χ2n) is 10.5. The van der Waals surface area contributed by atoms with E-state index in [4.69, 9.17) is 14.9 Å². The second-order valence-corrected chi connectivity index (χ2v) is 10.5. The zero-order valence-corrected chi connectivity index (χ0v) is 23.8. The third-order valence-electron chi connectivity index (χ3n) is 8.06. The smallest absolute Gasteiger partial charge is 0.331 e. The summed E-state index contributed by atoms with van der Waals surface area (Å²) >= 11 is 0. The minimum atomic E-state index is -0.772. The fourth-order valence-corrected chi connectivity index (χ4v) is 5.99. The number of hydrogen-bond acceptors (Lipinski definition) is 8. The number of carbonyl (C=O) groups excluding carboxylic acids is 2. The van der Waals surface area contributed by atoms with Crippen molar-refractivity contribution in [3.63, 3.8) is 0 Å². The zero-order valence-electron chi connectivity index (χ0n) is 23.8. The lowest BCUT2D eigenvalue weighted by Gasteiger charge is -2.28. The molecule has 4 aromatic rings. The molecule has 1 fully saturated rings. The van der Waals surface area contributed by atoms with Crippen LogP contribution in [0.3, 0.4) is 0 Å². The molecular formula is C30H29F2N7O5. The van der Waals surface area contributed by atoms with Gasteiger partial charge in [-0.05, 0) is 31.0 Å². The summed E-state index contributed by atoms with van der Waals surface area (Å²) in [7, 11) is 1.25. The first kappa shape index (κ1) is 28.8. The van der Waals surface area contributed by atoms with E-state index in [0.29, 0.717) is 36.0 Å². The third kappa shape index (κ3) is 4.81. The number of hydrogen-bond donors (Lipinski definition) is 2. The summed E-state index contributed by atoms with van der Waals surface area (Å²) in [6.45, 7) is 4.02. The van der Waals surface area contributed by atoms with Crippen LogP contribution in [0.4, 0.5) is 14.6 Å². The molecule has 12 nitrogen and oxygen atoms in total. The Morgan fingerprint density at radius 3 is 2.84 bits per heavy atom. The molecule has 2 aliphatic rings. The maximum absolute atomic E-state index is 14.8. The number of imidazole rings is 2. The van der Waals surface area contributed by atoms with Gasteiger partial charge in [0.1, 0.15) is 42.1 Å². The number of likely N-dealkylation sites (tertiary alicyclic amines) is 1. The predicted octanol–water partition coefficient (Wildman–Crippen LogP) is 3.35. The lowest BCUT2D eigenvalue weighted by Crippen LogP contribution is -2.44. The minimum Gasteiger partial charge on any atom is -0.490 e. The molecule has 0 radical (unpaired) electrons. The molecule has 44 heavy (non-hydrogen) atoms. The number of esters is 1. The van der Waals surface area contributed by atoms with Gasteiger partial charge in [-0.2, -0.15) is 0 Å². The Morgan fingerprint density at radius 1 is 1.25 bits per heavy atom. The van der Waals surface area contributed by atoms with Gasteiger partial charge < -0.3 is 25.1 Å². The summed E-state index contributed by atoms with van der Waals surface area (Å²) in [5.74, 6) is -1.83. The number of rotatable bonds is 8. The molecule has 1 saturated heterocycles. The molecule has 2 aromatic carbocycles. The van der Waals surface area contributed by atoms with Crippen molar-refractivity contribution in [2.45, 2.75) is 37.9 Å². The van der Waals surface area contributed by atoms with Crippen LogP contribution in [0.25, 0.3) is 16.9 Å². The molecule has 2 atom stereocenters. The topological polar surface area (TPSA) is 136 Å². The van der Waals surface area contributed by atoms with Crippen molar-refractivity contribution < 1.29 is 27.8 Å². The van der Waals surface area contributed by atoms with Gasteiger partial charge in [-0.3, -0.25) is 18.5 Å². The minimum absolute atomic E-state index is 0.00900. The monoisotopic (exact) mass is 605 g/mol. The largest absolute Gasteiger partial charge is 0.490 e. The molecule has 4 heterocycles. The number of anilines is 1. The molecule has 0 spiro atoms. The van der Waals surface area contributed by atoms with Gasteiger partial charge in [-0.1, -0.05) is 18.7 Å². The van der Waals surface area contributed by atoms with Gasteiger partial charge in [0.05, 0.1) is 30.8 Å². The van der Waals surface area contributed by atoms with Crippen LogP contribution >= 0.6 is 0 Å². The van der Waals surface area contributed by atoms with Gasteiger partial charge >= 0.3 is 11.7 Å². The molecule has 0 saturated carbocycles. The van der Waals surface area contributed by atoms with Crippen LogP contribution in [0.1, 0.15) is 36.6 Å². The summed E-state index contributed by atoms with van der Waals surface area (Å²) in [5, 5.41) is 11.4. The van der Waals surface area contributed by atoms with Gasteiger partial charge in [0.25, 0.3) is 0 Å². The van der Waals surface area contributed by atoms with Crippen molar-refractivity contribution in [3.8, 4) is 5.75 Å². The van der Waals surface area contributed by atoms with Gasteiger partial charge in [-0.15, -0.1) is 0 Å². The van der Waals surface area contributed by atoms with Crippen LogP contribution in [0, 0.1) is 17.0 Å². The first-order valence-electron chi connectivity index (χ1n) is 14.0. The molecular weight excluding hydrogens is 576 g/mol. The highest BCUT2D eigenvalue weighted by atomic mass is 19.1. The van der Waals surface area contributed by atoms with Crippen LogP contribution in [-0.2, 0) is 20.9 Å². The Bertz CT molecular complexity index is 1880. The van der Waals surface area contributed by atoms with Crippen LogP contribution < -0.4 is 15.7 Å². The number of fused-ring (bicyclic) bond motifs is 2. The molecule has 2 aromatic heterocycles. The first-order chi connectivity index (χ1) is 21.2.